The van der Waals surface area contributed by atoms with Gasteiger partial charge in [-0.25, -0.2) is 0 Å². The molecule has 12 N–H and O–H groups in total. The average Bonchev–Trinajstić information content (AvgIpc) is 0.782. The van der Waals surface area contributed by atoms with Gasteiger partial charge in [-0.1, -0.05) is 304 Å². The normalized spacial score (nSPS) is 26.8. The Bertz CT molecular complexity index is 2150. The Balaban J connectivity index is 1.39. The number of amides is 1. The predicted octanol–water partition coefficient (Wildman–Crippen LogP) is 13.4. The molecule has 19 nitrogen and oxygen atoms in total. The number of unbranched alkanes of at least 4 members (excludes halogenated alkanes) is 33. The summed E-state index contributed by atoms with van der Waals surface area (Å²) in [6, 6.07) is -0.906. The summed E-state index contributed by atoms with van der Waals surface area (Å²) in [6.45, 7) is 1.70. The van der Waals surface area contributed by atoms with E-state index in [1.807, 2.05) is 0 Å². The molecule has 0 spiro atoms. The highest BCUT2D eigenvalue weighted by Gasteiger charge is 2.54. The maximum Gasteiger partial charge on any atom is 0.220 e. The third kappa shape index (κ3) is 42.2. The Morgan fingerprint density at radius 3 is 1.07 bits per heavy atom. The minimum Gasteiger partial charge on any atom is -0.394 e. The van der Waals surface area contributed by atoms with Gasteiger partial charge in [0, 0.05) is 6.42 Å². The third-order valence-corrected chi connectivity index (χ3v) is 19.7. The largest absolute Gasteiger partial charge is 0.394 e. The molecule has 1 amide bonds. The van der Waals surface area contributed by atoms with E-state index in [0.29, 0.717) is 12.8 Å². The quantitative estimate of drug-likeness (QED) is 0.0199. The van der Waals surface area contributed by atoms with Crippen LogP contribution >= 0.6 is 0 Å². The van der Waals surface area contributed by atoms with Crippen molar-refractivity contribution in [1.82, 2.24) is 5.32 Å². The van der Waals surface area contributed by atoms with Gasteiger partial charge < -0.3 is 89.9 Å². The number of hydrogen-bond donors (Lipinski definition) is 12. The number of rotatable bonds is 63. The lowest BCUT2D eigenvalue weighted by Gasteiger charge is -2.48. The molecule has 3 heterocycles. The minimum absolute atomic E-state index is 0.239. The summed E-state index contributed by atoms with van der Waals surface area (Å²) >= 11 is 0. The first-order chi connectivity index (χ1) is 49.3. The van der Waals surface area contributed by atoms with Crippen LogP contribution in [0.1, 0.15) is 296 Å². The maximum atomic E-state index is 13.5. The Morgan fingerprint density at radius 1 is 0.366 bits per heavy atom. The topological polar surface area (TPSA) is 307 Å². The number of carbonyl (C=O) groups excluding carboxylic acids is 1. The molecule has 0 aliphatic carbocycles. The number of nitrogens with one attached hydrogen (secondary N) is 1. The molecule has 19 heteroatoms. The number of hydrogen-bond acceptors (Lipinski definition) is 18. The van der Waals surface area contributed by atoms with Gasteiger partial charge in [0.25, 0.3) is 0 Å². The number of aliphatic hydroxyl groups excluding tert-OH is 11. The Labute approximate surface area is 610 Å². The second kappa shape index (κ2) is 62.1. The van der Waals surface area contributed by atoms with Crippen LogP contribution in [-0.4, -0.2) is 193 Å². The average molecular weight is 1430 g/mol. The molecular formula is C82H145NO18. The fourth-order valence-electron chi connectivity index (χ4n) is 13.3. The van der Waals surface area contributed by atoms with Gasteiger partial charge in [-0.2, -0.15) is 0 Å². The maximum absolute atomic E-state index is 13.5. The van der Waals surface area contributed by atoms with Gasteiger partial charge >= 0.3 is 0 Å². The van der Waals surface area contributed by atoms with E-state index in [2.05, 4.69) is 104 Å². The first-order valence-corrected chi connectivity index (χ1v) is 40.3. The first-order valence-electron chi connectivity index (χ1n) is 40.3. The molecule has 0 aromatic rings. The molecule has 17 unspecified atom stereocenters. The van der Waals surface area contributed by atoms with Gasteiger partial charge in [0.1, 0.15) is 73.2 Å². The van der Waals surface area contributed by atoms with Crippen molar-refractivity contribution < 1.29 is 89.4 Å². The van der Waals surface area contributed by atoms with Crippen LogP contribution in [-0.2, 0) is 33.2 Å². The molecule has 0 aromatic carbocycles. The molecule has 586 valence electrons. The summed E-state index contributed by atoms with van der Waals surface area (Å²) < 4.78 is 34.5. The number of carbonyl (C=O) groups is 1. The summed E-state index contributed by atoms with van der Waals surface area (Å²) in [5.74, 6) is -0.261. The van der Waals surface area contributed by atoms with E-state index in [0.717, 1.165) is 103 Å². The van der Waals surface area contributed by atoms with Crippen LogP contribution in [0.3, 0.4) is 0 Å². The van der Waals surface area contributed by atoms with Crippen molar-refractivity contribution in [1.29, 1.82) is 0 Å². The molecule has 0 aromatic heterocycles. The van der Waals surface area contributed by atoms with E-state index in [4.69, 9.17) is 28.4 Å². The zero-order valence-electron chi connectivity index (χ0n) is 62.6. The van der Waals surface area contributed by atoms with Crippen LogP contribution < -0.4 is 5.32 Å². The predicted molar refractivity (Wildman–Crippen MR) is 401 cm³/mol. The fourth-order valence-corrected chi connectivity index (χ4v) is 13.3. The summed E-state index contributed by atoms with van der Waals surface area (Å²) in [6.07, 6.45) is 55.2. The molecule has 3 aliphatic rings. The second-order valence-corrected chi connectivity index (χ2v) is 28.5. The number of ether oxygens (including phenoxy) is 6. The van der Waals surface area contributed by atoms with Gasteiger partial charge in [0.2, 0.25) is 5.91 Å². The molecule has 0 bridgehead atoms. The second-order valence-electron chi connectivity index (χ2n) is 28.5. The zero-order chi connectivity index (χ0) is 73.2. The summed E-state index contributed by atoms with van der Waals surface area (Å²) in [5.41, 5.74) is 0. The first kappa shape index (κ1) is 92.2. The zero-order valence-corrected chi connectivity index (χ0v) is 62.6. The van der Waals surface area contributed by atoms with Crippen LogP contribution in [0.15, 0.2) is 85.1 Å². The highest BCUT2D eigenvalue weighted by Crippen LogP contribution is 2.33. The monoisotopic (exact) mass is 1430 g/mol. The van der Waals surface area contributed by atoms with Gasteiger partial charge in [-0.15, -0.1) is 0 Å². The van der Waals surface area contributed by atoms with Gasteiger partial charge in [-0.05, 0) is 70.6 Å². The summed E-state index contributed by atoms with van der Waals surface area (Å²) in [7, 11) is 0. The lowest BCUT2D eigenvalue weighted by Crippen LogP contribution is -2.66. The molecule has 3 aliphatic heterocycles. The molecule has 3 rings (SSSR count). The van der Waals surface area contributed by atoms with Crippen molar-refractivity contribution >= 4 is 5.91 Å². The van der Waals surface area contributed by atoms with Crippen molar-refractivity contribution in [2.24, 2.45) is 0 Å². The van der Waals surface area contributed by atoms with Gasteiger partial charge in [0.05, 0.1) is 38.6 Å². The Kier molecular flexibility index (Phi) is 56.6. The van der Waals surface area contributed by atoms with Crippen LogP contribution in [0.25, 0.3) is 0 Å². The van der Waals surface area contributed by atoms with Crippen molar-refractivity contribution in [3.63, 3.8) is 0 Å². The summed E-state index contributed by atoms with van der Waals surface area (Å²) in [4.78, 5) is 13.5. The number of allylic oxidation sites excluding steroid dienone is 14. The molecule has 0 saturated carbocycles. The molecular weight excluding hydrogens is 1290 g/mol. The van der Waals surface area contributed by atoms with Crippen LogP contribution in [0, 0.1) is 0 Å². The highest BCUT2D eigenvalue weighted by molar-refractivity contribution is 5.76. The fraction of sp³-hybridized carbons (Fsp3) is 0.817. The third-order valence-electron chi connectivity index (χ3n) is 19.7. The van der Waals surface area contributed by atoms with E-state index >= 15 is 0 Å². The highest BCUT2D eigenvalue weighted by atomic mass is 16.8. The number of aliphatic hydroxyl groups is 11. The Morgan fingerprint density at radius 2 is 0.683 bits per heavy atom. The minimum atomic E-state index is -1.98. The SMILES string of the molecule is CC/C=C\C/C=C\C/C=C\C/C=C\C/C=C\C/C=C\C/C=C\CCCCCCCC(=O)NC(COC1OC(CO)C(OC2OC(CO)C(OC3OC(CO)C(O)C(O)C3O)C(O)C2O)C(O)C1O)C(O)CCCCCCCCCCCCCCCCCCCCCCCCCCCCCCC. The lowest BCUT2D eigenvalue weighted by molar-refractivity contribution is -0.379. The van der Waals surface area contributed by atoms with Crippen LogP contribution in [0.4, 0.5) is 0 Å². The van der Waals surface area contributed by atoms with Gasteiger partial charge in [0.15, 0.2) is 18.9 Å². The van der Waals surface area contributed by atoms with Crippen LogP contribution in [0.2, 0.25) is 0 Å². The lowest BCUT2D eigenvalue weighted by atomic mass is 9.96. The van der Waals surface area contributed by atoms with Crippen LogP contribution in [0.5, 0.6) is 0 Å². The smallest absolute Gasteiger partial charge is 0.220 e. The van der Waals surface area contributed by atoms with E-state index in [9.17, 15) is 61.0 Å². The van der Waals surface area contributed by atoms with E-state index < -0.39 is 124 Å². The molecule has 0 radical (unpaired) electrons. The van der Waals surface area contributed by atoms with E-state index in [1.54, 1.807) is 0 Å². The molecule has 101 heavy (non-hydrogen) atoms. The summed E-state index contributed by atoms with van der Waals surface area (Å²) in [5, 5.41) is 121. The van der Waals surface area contributed by atoms with Crippen molar-refractivity contribution in [3.8, 4) is 0 Å². The van der Waals surface area contributed by atoms with Crippen molar-refractivity contribution in [2.75, 3.05) is 26.4 Å². The molecule has 17 atom stereocenters. The molecule has 3 saturated heterocycles. The van der Waals surface area contributed by atoms with Crippen molar-refractivity contribution in [3.05, 3.63) is 85.1 Å². The van der Waals surface area contributed by atoms with E-state index in [1.165, 1.54) is 161 Å². The van der Waals surface area contributed by atoms with Gasteiger partial charge in [-0.3, -0.25) is 4.79 Å². The molecule has 3 fully saturated rings. The standard InChI is InChI=1S/C82H145NO18/c1-3-5-7-9-11-13-15-17-19-21-23-25-27-29-31-32-34-35-37-39-41-43-45-47-49-51-53-55-57-59-66(87)65(83-70(88)60-58-56-54-52-50-48-46-44-42-40-38-36-33-30-28-26-24-22-20-18-16-14-12-10-8-6-4-2)64-96-80-76(94)73(91)78(68(62-85)98-80)101-82-77(95)74(92)79(69(63-86)99-82)100-81-75(93)72(90)71(89)67(61-84)97-81/h6,8,12,14,18,20,24,26,30,33,38,40,44,46,65-69,71-82,84-87,89-95H,3-5,7,9-11,13,15-17,19,21-23,25,27-29,31-32,34-37,39,41-43,45,47-64H2,1-2H3,(H,83,88)/b8-6-,14-12-,20-18-,26-24-,33-30-,40-38-,46-44-. The van der Waals surface area contributed by atoms with E-state index in [-0.39, 0.29) is 18.9 Å². The Hall–Kier alpha value is -3.03. The van der Waals surface area contributed by atoms with Crippen molar-refractivity contribution in [2.45, 2.75) is 401 Å².